The third kappa shape index (κ3) is 2.35. The second-order valence-corrected chi connectivity index (χ2v) is 6.22. The van der Waals surface area contributed by atoms with Crippen LogP contribution in [0.25, 0.3) is 0 Å². The standard InChI is InChI=1S/C15H18ClN5/c1-19-15(17-10-18-19)9-20-6-7-21(12-3-4-12)13-5-2-11(16)8-14(13)20/h2,5,8,10,12H,3-4,6-7,9H2,1H3. The number of aryl methyl sites for hydroxylation is 1. The van der Waals surface area contributed by atoms with Gasteiger partial charge in [0.2, 0.25) is 0 Å². The summed E-state index contributed by atoms with van der Waals surface area (Å²) in [6.45, 7) is 2.83. The lowest BCUT2D eigenvalue weighted by molar-refractivity contribution is 0.641. The molecule has 1 saturated carbocycles. The molecule has 0 N–H and O–H groups in total. The van der Waals surface area contributed by atoms with Crippen LogP contribution >= 0.6 is 11.6 Å². The zero-order chi connectivity index (χ0) is 14.4. The summed E-state index contributed by atoms with van der Waals surface area (Å²) in [5.41, 5.74) is 2.51. The highest BCUT2D eigenvalue weighted by Gasteiger charge is 2.34. The second kappa shape index (κ2) is 4.91. The first-order chi connectivity index (χ1) is 10.2. The fourth-order valence-corrected chi connectivity index (χ4v) is 3.19. The number of aromatic nitrogens is 3. The van der Waals surface area contributed by atoms with Crippen molar-refractivity contribution in [2.24, 2.45) is 7.05 Å². The molecule has 0 radical (unpaired) electrons. The van der Waals surface area contributed by atoms with Crippen LogP contribution in [0.1, 0.15) is 18.7 Å². The van der Waals surface area contributed by atoms with Crippen molar-refractivity contribution < 1.29 is 0 Å². The molecule has 0 bridgehead atoms. The summed E-state index contributed by atoms with van der Waals surface area (Å²) in [7, 11) is 1.93. The molecule has 4 rings (SSSR count). The monoisotopic (exact) mass is 303 g/mol. The molecule has 110 valence electrons. The van der Waals surface area contributed by atoms with Gasteiger partial charge in [-0.3, -0.25) is 4.68 Å². The molecule has 2 aliphatic rings. The average molecular weight is 304 g/mol. The van der Waals surface area contributed by atoms with E-state index >= 15 is 0 Å². The van der Waals surface area contributed by atoms with Crippen LogP contribution in [-0.4, -0.2) is 33.9 Å². The van der Waals surface area contributed by atoms with Gasteiger partial charge in [-0.05, 0) is 31.0 Å². The quantitative estimate of drug-likeness (QED) is 0.873. The van der Waals surface area contributed by atoms with Gasteiger partial charge in [0.05, 0.1) is 17.9 Å². The van der Waals surface area contributed by atoms with E-state index in [1.807, 2.05) is 17.8 Å². The molecule has 1 aliphatic carbocycles. The van der Waals surface area contributed by atoms with E-state index < -0.39 is 0 Å². The topological polar surface area (TPSA) is 37.2 Å². The SMILES string of the molecule is Cn1ncnc1CN1CCN(C2CC2)c2ccc(Cl)cc21. The van der Waals surface area contributed by atoms with Gasteiger partial charge in [-0.1, -0.05) is 11.6 Å². The summed E-state index contributed by atoms with van der Waals surface area (Å²) in [4.78, 5) is 9.21. The van der Waals surface area contributed by atoms with Gasteiger partial charge in [-0.15, -0.1) is 0 Å². The van der Waals surface area contributed by atoms with Gasteiger partial charge in [-0.25, -0.2) is 4.98 Å². The molecule has 0 spiro atoms. The number of halogens is 1. The minimum Gasteiger partial charge on any atom is -0.365 e. The van der Waals surface area contributed by atoms with E-state index in [0.29, 0.717) is 0 Å². The molecular weight excluding hydrogens is 286 g/mol. The first-order valence-electron chi connectivity index (χ1n) is 7.36. The van der Waals surface area contributed by atoms with Crippen LogP contribution in [0.4, 0.5) is 11.4 Å². The highest BCUT2D eigenvalue weighted by molar-refractivity contribution is 6.31. The molecule has 0 saturated heterocycles. The van der Waals surface area contributed by atoms with Crippen molar-refractivity contribution in [2.45, 2.75) is 25.4 Å². The summed E-state index contributed by atoms with van der Waals surface area (Å²) in [5, 5.41) is 4.94. The molecule has 2 heterocycles. The Bertz CT molecular complexity index is 664. The van der Waals surface area contributed by atoms with Crippen LogP contribution in [0, 0.1) is 0 Å². The molecule has 0 amide bonds. The van der Waals surface area contributed by atoms with E-state index in [4.69, 9.17) is 11.6 Å². The minimum absolute atomic E-state index is 0.724. The number of fused-ring (bicyclic) bond motifs is 1. The third-order valence-corrected chi connectivity index (χ3v) is 4.56. The molecule has 2 aromatic rings. The molecular formula is C15H18ClN5. The van der Waals surface area contributed by atoms with E-state index in [-0.39, 0.29) is 0 Å². The maximum atomic E-state index is 6.22. The Hall–Kier alpha value is -1.75. The lowest BCUT2D eigenvalue weighted by Crippen LogP contribution is -2.42. The number of benzene rings is 1. The van der Waals surface area contributed by atoms with Crippen LogP contribution in [0.5, 0.6) is 0 Å². The Morgan fingerprint density at radius 2 is 2.10 bits per heavy atom. The van der Waals surface area contributed by atoms with Crippen molar-refractivity contribution >= 4 is 23.0 Å². The second-order valence-electron chi connectivity index (χ2n) is 5.78. The molecule has 1 aromatic carbocycles. The molecule has 21 heavy (non-hydrogen) atoms. The number of hydrogen-bond donors (Lipinski definition) is 0. The predicted octanol–water partition coefficient (Wildman–Crippen LogP) is 2.46. The van der Waals surface area contributed by atoms with Crippen molar-refractivity contribution in [1.29, 1.82) is 0 Å². The van der Waals surface area contributed by atoms with Crippen molar-refractivity contribution in [2.75, 3.05) is 22.9 Å². The first kappa shape index (κ1) is 13.0. The Morgan fingerprint density at radius 3 is 2.81 bits per heavy atom. The number of anilines is 2. The Kier molecular flexibility index (Phi) is 3.03. The van der Waals surface area contributed by atoms with Gasteiger partial charge in [0.25, 0.3) is 0 Å². The number of rotatable bonds is 3. The summed E-state index contributed by atoms with van der Waals surface area (Å²) in [5.74, 6) is 0.973. The highest BCUT2D eigenvalue weighted by atomic mass is 35.5. The molecule has 1 aliphatic heterocycles. The Balaban J connectivity index is 1.68. The lowest BCUT2D eigenvalue weighted by Gasteiger charge is -2.39. The normalized spacial score (nSPS) is 18.0. The summed E-state index contributed by atoms with van der Waals surface area (Å²) >= 11 is 6.22. The van der Waals surface area contributed by atoms with E-state index in [2.05, 4.69) is 32.0 Å². The summed E-state index contributed by atoms with van der Waals surface area (Å²) in [6, 6.07) is 6.93. The van der Waals surface area contributed by atoms with E-state index in [0.717, 1.165) is 36.5 Å². The largest absolute Gasteiger partial charge is 0.365 e. The van der Waals surface area contributed by atoms with Gasteiger partial charge >= 0.3 is 0 Å². The fraction of sp³-hybridized carbons (Fsp3) is 0.467. The van der Waals surface area contributed by atoms with Crippen LogP contribution in [-0.2, 0) is 13.6 Å². The van der Waals surface area contributed by atoms with Gasteiger partial charge in [0, 0.05) is 31.2 Å². The summed E-state index contributed by atoms with van der Waals surface area (Å²) < 4.78 is 1.83. The molecule has 0 unspecified atom stereocenters. The van der Waals surface area contributed by atoms with Crippen molar-refractivity contribution in [3.8, 4) is 0 Å². The van der Waals surface area contributed by atoms with Gasteiger partial charge < -0.3 is 9.80 Å². The van der Waals surface area contributed by atoms with Crippen LogP contribution in [0.15, 0.2) is 24.5 Å². The maximum Gasteiger partial charge on any atom is 0.146 e. The average Bonchev–Trinajstić information content (AvgIpc) is 3.24. The Labute approximate surface area is 129 Å². The molecule has 6 heteroatoms. The highest BCUT2D eigenvalue weighted by Crippen LogP contribution is 2.41. The van der Waals surface area contributed by atoms with E-state index in [9.17, 15) is 0 Å². The van der Waals surface area contributed by atoms with Gasteiger partial charge in [0.1, 0.15) is 12.2 Å². The zero-order valence-corrected chi connectivity index (χ0v) is 12.8. The van der Waals surface area contributed by atoms with Crippen molar-refractivity contribution in [1.82, 2.24) is 14.8 Å². The zero-order valence-electron chi connectivity index (χ0n) is 12.0. The minimum atomic E-state index is 0.724. The van der Waals surface area contributed by atoms with Crippen molar-refractivity contribution in [3.63, 3.8) is 0 Å². The molecule has 1 aromatic heterocycles. The van der Waals surface area contributed by atoms with E-state index in [1.54, 1.807) is 6.33 Å². The third-order valence-electron chi connectivity index (χ3n) is 4.32. The van der Waals surface area contributed by atoms with Crippen molar-refractivity contribution in [3.05, 3.63) is 35.4 Å². The summed E-state index contributed by atoms with van der Waals surface area (Å²) in [6.07, 6.45) is 4.23. The molecule has 0 atom stereocenters. The van der Waals surface area contributed by atoms with E-state index in [1.165, 1.54) is 24.2 Å². The first-order valence-corrected chi connectivity index (χ1v) is 7.74. The molecule has 5 nitrogen and oxygen atoms in total. The smallest absolute Gasteiger partial charge is 0.146 e. The Morgan fingerprint density at radius 1 is 1.24 bits per heavy atom. The fourth-order valence-electron chi connectivity index (χ4n) is 3.03. The van der Waals surface area contributed by atoms with Gasteiger partial charge in [0.15, 0.2) is 0 Å². The van der Waals surface area contributed by atoms with Crippen LogP contribution < -0.4 is 9.80 Å². The lowest BCUT2D eigenvalue weighted by atomic mass is 10.1. The number of nitrogens with zero attached hydrogens (tertiary/aromatic N) is 5. The maximum absolute atomic E-state index is 6.22. The molecule has 1 fully saturated rings. The van der Waals surface area contributed by atoms with Crippen LogP contribution in [0.2, 0.25) is 5.02 Å². The van der Waals surface area contributed by atoms with Gasteiger partial charge in [-0.2, -0.15) is 5.10 Å². The predicted molar refractivity (Wildman–Crippen MR) is 83.9 cm³/mol. The van der Waals surface area contributed by atoms with Crippen LogP contribution in [0.3, 0.4) is 0 Å². The number of hydrogen-bond acceptors (Lipinski definition) is 4.